The van der Waals surface area contributed by atoms with Crippen LogP contribution in [0, 0.1) is 11.6 Å². The van der Waals surface area contributed by atoms with E-state index in [1.807, 2.05) is 4.90 Å². The van der Waals surface area contributed by atoms with E-state index in [4.69, 9.17) is 10.5 Å². The zero-order chi connectivity index (χ0) is 24.8. The molecule has 14 heteroatoms. The highest BCUT2D eigenvalue weighted by Crippen LogP contribution is 2.31. The van der Waals surface area contributed by atoms with Crippen molar-refractivity contribution in [2.45, 2.75) is 25.5 Å². The van der Waals surface area contributed by atoms with E-state index in [1.54, 1.807) is 18.0 Å². The van der Waals surface area contributed by atoms with Crippen LogP contribution in [0.3, 0.4) is 0 Å². The van der Waals surface area contributed by atoms with Gasteiger partial charge in [-0.3, -0.25) is 9.59 Å². The van der Waals surface area contributed by atoms with Crippen LogP contribution in [0.4, 0.5) is 20.3 Å². The van der Waals surface area contributed by atoms with Crippen molar-refractivity contribution >= 4 is 40.9 Å². The number of fused-ring (bicyclic) bond motifs is 1. The summed E-state index contributed by atoms with van der Waals surface area (Å²) in [5.41, 5.74) is 4.25. The SMILES string of the molecule is CC(Oc1cc(F)c(N2CCN(c3cc4c(nnn4C)c(=O)[nH]3)CC2)c(F)c1)[C@](C)(N)C(=O)O.Cl. The molecule has 35 heavy (non-hydrogen) atoms. The molecule has 0 saturated carbocycles. The van der Waals surface area contributed by atoms with Crippen LogP contribution in [0.1, 0.15) is 13.8 Å². The topological polar surface area (TPSA) is 143 Å². The van der Waals surface area contributed by atoms with Crippen LogP contribution in [-0.2, 0) is 11.8 Å². The molecule has 3 heterocycles. The maximum atomic E-state index is 14.9. The minimum absolute atomic E-state index is 0. The van der Waals surface area contributed by atoms with Crippen LogP contribution >= 0.6 is 12.4 Å². The van der Waals surface area contributed by atoms with Crippen LogP contribution in [0.5, 0.6) is 5.75 Å². The second kappa shape index (κ2) is 9.66. The molecule has 1 aliphatic rings. The molecule has 1 saturated heterocycles. The minimum Gasteiger partial charge on any atom is -0.488 e. The standard InChI is InChI=1S/C21H25F2N7O4.ClH/c1-11(21(2,24)20(32)33)34-12-8-13(22)18(14(23)9-12)30-6-4-29(5-7-30)16-10-15-17(19(31)25-16)26-27-28(15)3;/h8-11H,4-7,24H2,1-3H3,(H,25,31)(H,32,33);1H/t11?,21-;/m0./s1. The maximum absolute atomic E-state index is 14.9. The number of aliphatic carboxylic acids is 1. The van der Waals surface area contributed by atoms with E-state index in [9.17, 15) is 23.5 Å². The smallest absolute Gasteiger partial charge is 0.327 e. The van der Waals surface area contributed by atoms with Gasteiger partial charge in [0.1, 0.15) is 28.9 Å². The fraction of sp³-hybridized carbons (Fsp3) is 0.429. The zero-order valence-electron chi connectivity index (χ0n) is 19.3. The maximum Gasteiger partial charge on any atom is 0.327 e. The third kappa shape index (κ3) is 4.86. The molecule has 3 aromatic rings. The zero-order valence-corrected chi connectivity index (χ0v) is 20.1. The molecule has 0 spiro atoms. The number of rotatable bonds is 6. The van der Waals surface area contributed by atoms with Gasteiger partial charge >= 0.3 is 5.97 Å². The van der Waals surface area contributed by atoms with Crippen molar-refractivity contribution in [2.75, 3.05) is 36.0 Å². The molecule has 190 valence electrons. The molecule has 0 amide bonds. The first kappa shape index (κ1) is 26.2. The summed E-state index contributed by atoms with van der Waals surface area (Å²) in [4.78, 5) is 29.8. The number of aromatic nitrogens is 4. The van der Waals surface area contributed by atoms with Crippen LogP contribution in [0.15, 0.2) is 23.0 Å². The molecule has 1 unspecified atom stereocenters. The van der Waals surface area contributed by atoms with Gasteiger partial charge in [0.25, 0.3) is 5.56 Å². The van der Waals surface area contributed by atoms with Gasteiger partial charge in [-0.15, -0.1) is 17.5 Å². The number of carboxylic acids is 1. The Bertz CT molecular complexity index is 1280. The number of H-pyrrole nitrogens is 1. The quantitative estimate of drug-likeness (QED) is 0.443. The molecular weight excluding hydrogens is 488 g/mol. The van der Waals surface area contributed by atoms with E-state index >= 15 is 0 Å². The molecule has 0 radical (unpaired) electrons. The van der Waals surface area contributed by atoms with Crippen molar-refractivity contribution in [1.82, 2.24) is 20.0 Å². The number of aromatic amines is 1. The van der Waals surface area contributed by atoms with Gasteiger partial charge in [0.05, 0.1) is 5.52 Å². The first-order chi connectivity index (χ1) is 16.0. The summed E-state index contributed by atoms with van der Waals surface area (Å²) in [6.45, 7) is 4.09. The Labute approximate surface area is 204 Å². The fourth-order valence-corrected chi connectivity index (χ4v) is 3.78. The summed E-state index contributed by atoms with van der Waals surface area (Å²) in [6.07, 6.45) is -1.03. The number of carbonyl (C=O) groups is 1. The molecular formula is C21H26ClF2N7O4. The number of benzene rings is 1. The second-order valence-electron chi connectivity index (χ2n) is 8.49. The number of pyridine rings is 1. The molecule has 0 bridgehead atoms. The molecule has 4 rings (SSSR count). The first-order valence-corrected chi connectivity index (χ1v) is 10.6. The third-order valence-corrected chi connectivity index (χ3v) is 6.15. The van der Waals surface area contributed by atoms with E-state index < -0.39 is 29.2 Å². The number of ether oxygens (including phenoxy) is 1. The average molecular weight is 514 g/mol. The third-order valence-electron chi connectivity index (χ3n) is 6.15. The number of piperazine rings is 1. The number of aryl methyl sites for hydroxylation is 1. The van der Waals surface area contributed by atoms with Crippen molar-refractivity contribution in [3.63, 3.8) is 0 Å². The Balaban J connectivity index is 0.00000342. The van der Waals surface area contributed by atoms with Crippen molar-refractivity contribution in [3.8, 4) is 5.75 Å². The van der Waals surface area contributed by atoms with Gasteiger partial charge < -0.3 is 30.4 Å². The predicted molar refractivity (Wildman–Crippen MR) is 127 cm³/mol. The average Bonchev–Trinajstić information content (AvgIpc) is 3.15. The van der Waals surface area contributed by atoms with Gasteiger partial charge in [0, 0.05) is 51.4 Å². The number of anilines is 2. The van der Waals surface area contributed by atoms with Crippen molar-refractivity contribution in [3.05, 3.63) is 40.2 Å². The lowest BCUT2D eigenvalue weighted by atomic mass is 9.97. The van der Waals surface area contributed by atoms with Crippen LogP contribution in [0.2, 0.25) is 0 Å². The number of nitrogens with two attached hydrogens (primary N) is 1. The van der Waals surface area contributed by atoms with Crippen LogP contribution in [-0.4, -0.2) is 68.9 Å². The van der Waals surface area contributed by atoms with E-state index in [0.29, 0.717) is 37.5 Å². The summed E-state index contributed by atoms with van der Waals surface area (Å²) in [7, 11) is 1.69. The highest BCUT2D eigenvalue weighted by atomic mass is 35.5. The number of nitrogens with zero attached hydrogens (tertiary/aromatic N) is 5. The van der Waals surface area contributed by atoms with Crippen molar-refractivity contribution < 1.29 is 23.4 Å². The number of carboxylic acid groups (broad SMARTS) is 1. The molecule has 1 aromatic carbocycles. The number of hydrogen-bond acceptors (Lipinski definition) is 8. The summed E-state index contributed by atoms with van der Waals surface area (Å²) in [5, 5.41) is 16.9. The van der Waals surface area contributed by atoms with Gasteiger partial charge in [-0.25, -0.2) is 13.5 Å². The lowest BCUT2D eigenvalue weighted by molar-refractivity contribution is -0.145. The Morgan fingerprint density at radius 3 is 2.34 bits per heavy atom. The van der Waals surface area contributed by atoms with Crippen molar-refractivity contribution in [1.29, 1.82) is 0 Å². The molecule has 4 N–H and O–H groups in total. The fourth-order valence-electron chi connectivity index (χ4n) is 3.78. The normalized spacial score (nSPS) is 16.5. The Kier molecular flexibility index (Phi) is 7.22. The van der Waals surface area contributed by atoms with E-state index in [0.717, 1.165) is 12.1 Å². The summed E-state index contributed by atoms with van der Waals surface area (Å²) in [6, 6.07) is 3.79. The predicted octanol–water partition coefficient (Wildman–Crippen LogP) is 1.25. The van der Waals surface area contributed by atoms with Gasteiger partial charge in [-0.1, -0.05) is 5.21 Å². The Morgan fingerprint density at radius 2 is 1.77 bits per heavy atom. The number of halogens is 3. The van der Waals surface area contributed by atoms with E-state index in [-0.39, 0.29) is 34.9 Å². The van der Waals surface area contributed by atoms with Crippen molar-refractivity contribution in [2.24, 2.45) is 12.8 Å². The van der Waals surface area contributed by atoms with Gasteiger partial charge in [-0.05, 0) is 13.8 Å². The Hall–Kier alpha value is -3.45. The van der Waals surface area contributed by atoms with Gasteiger partial charge in [0.2, 0.25) is 0 Å². The van der Waals surface area contributed by atoms with Crippen LogP contribution in [0.25, 0.3) is 11.0 Å². The second-order valence-corrected chi connectivity index (χ2v) is 8.49. The largest absolute Gasteiger partial charge is 0.488 e. The number of nitrogens with one attached hydrogen (secondary N) is 1. The molecule has 1 fully saturated rings. The molecule has 2 aromatic heterocycles. The first-order valence-electron chi connectivity index (χ1n) is 10.6. The highest BCUT2D eigenvalue weighted by Gasteiger charge is 2.37. The van der Waals surface area contributed by atoms with Crippen LogP contribution < -0.4 is 25.8 Å². The molecule has 2 atom stereocenters. The minimum atomic E-state index is -1.74. The molecule has 1 aliphatic heterocycles. The Morgan fingerprint density at radius 1 is 1.20 bits per heavy atom. The summed E-state index contributed by atoms with van der Waals surface area (Å²) < 4.78 is 36.7. The number of hydrogen-bond donors (Lipinski definition) is 3. The summed E-state index contributed by atoms with van der Waals surface area (Å²) >= 11 is 0. The lowest BCUT2D eigenvalue weighted by Crippen LogP contribution is -2.55. The lowest BCUT2D eigenvalue weighted by Gasteiger charge is -2.37. The molecule has 11 nitrogen and oxygen atoms in total. The van der Waals surface area contributed by atoms with E-state index in [2.05, 4.69) is 15.3 Å². The molecule has 0 aliphatic carbocycles. The highest BCUT2D eigenvalue weighted by molar-refractivity contribution is 5.85. The summed E-state index contributed by atoms with van der Waals surface area (Å²) in [5.74, 6) is -2.54. The van der Waals surface area contributed by atoms with E-state index in [1.165, 1.54) is 18.5 Å². The van der Waals surface area contributed by atoms with Gasteiger partial charge in [-0.2, -0.15) is 0 Å². The monoisotopic (exact) mass is 513 g/mol. The van der Waals surface area contributed by atoms with Gasteiger partial charge in [0.15, 0.2) is 17.2 Å².